The Labute approximate surface area is 163 Å². The second-order valence-corrected chi connectivity index (χ2v) is 7.50. The van der Waals surface area contributed by atoms with Crippen molar-refractivity contribution in [1.29, 1.82) is 0 Å². The molecule has 136 valence electrons. The average Bonchev–Trinajstić information content (AvgIpc) is 2.63. The molecule has 0 aliphatic carbocycles. The van der Waals surface area contributed by atoms with Crippen molar-refractivity contribution in [2.75, 3.05) is 18.4 Å². The molecule has 0 saturated carbocycles. The Hall–Kier alpha value is -2.04. The lowest BCUT2D eigenvalue weighted by Gasteiger charge is -2.31. The second-order valence-electron chi connectivity index (χ2n) is 6.66. The van der Waals surface area contributed by atoms with Crippen LogP contribution in [0.2, 0.25) is 10.0 Å². The largest absolute Gasteiger partial charge is 0.338 e. The van der Waals surface area contributed by atoms with Gasteiger partial charge in [0.2, 0.25) is 0 Å². The molecule has 6 heteroatoms. The fraction of sp³-hybridized carbons (Fsp3) is 0.300. The summed E-state index contributed by atoms with van der Waals surface area (Å²) >= 11 is 12.0. The van der Waals surface area contributed by atoms with E-state index >= 15 is 0 Å². The number of amides is 2. The van der Waals surface area contributed by atoms with Gasteiger partial charge in [-0.15, -0.1) is 0 Å². The molecule has 3 rings (SSSR count). The van der Waals surface area contributed by atoms with Gasteiger partial charge in [0.05, 0.1) is 10.7 Å². The van der Waals surface area contributed by atoms with Crippen molar-refractivity contribution in [1.82, 2.24) is 4.90 Å². The first-order chi connectivity index (χ1) is 12.4. The van der Waals surface area contributed by atoms with Crippen LogP contribution < -0.4 is 5.32 Å². The highest BCUT2D eigenvalue weighted by Crippen LogP contribution is 2.26. The number of carbonyl (C=O) groups is 2. The van der Waals surface area contributed by atoms with Gasteiger partial charge in [-0.2, -0.15) is 0 Å². The molecule has 2 aromatic carbocycles. The van der Waals surface area contributed by atoms with Crippen molar-refractivity contribution in [3.8, 4) is 0 Å². The molecule has 2 aromatic rings. The van der Waals surface area contributed by atoms with Gasteiger partial charge in [0, 0.05) is 29.2 Å². The zero-order valence-corrected chi connectivity index (χ0v) is 16.0. The molecule has 1 N–H and O–H groups in total. The molecule has 4 nitrogen and oxygen atoms in total. The Morgan fingerprint density at radius 3 is 2.62 bits per heavy atom. The first kappa shape index (κ1) is 18.7. The molecule has 1 atom stereocenters. The molecule has 1 unspecified atom stereocenters. The standard InChI is InChI=1S/C20H20Cl2N2O2/c1-13-4-3-9-24(12-13)20(26)15-6-2-5-14(10-15)19(25)23-18-8-7-16(21)11-17(18)22/h2,5-8,10-11,13H,3-4,9,12H2,1H3,(H,23,25). The number of anilines is 1. The van der Waals surface area contributed by atoms with Crippen LogP contribution in [-0.4, -0.2) is 29.8 Å². The second kappa shape index (κ2) is 8.11. The highest BCUT2D eigenvalue weighted by Gasteiger charge is 2.22. The molecule has 1 aliphatic heterocycles. The van der Waals surface area contributed by atoms with E-state index in [1.54, 1.807) is 42.5 Å². The number of hydrogen-bond acceptors (Lipinski definition) is 2. The van der Waals surface area contributed by atoms with E-state index in [2.05, 4.69) is 12.2 Å². The maximum absolute atomic E-state index is 12.7. The van der Waals surface area contributed by atoms with E-state index in [4.69, 9.17) is 23.2 Å². The van der Waals surface area contributed by atoms with Gasteiger partial charge in [0.15, 0.2) is 0 Å². The molecule has 1 fully saturated rings. The Bertz CT molecular complexity index is 838. The summed E-state index contributed by atoms with van der Waals surface area (Å²) in [6.07, 6.45) is 2.16. The van der Waals surface area contributed by atoms with E-state index in [9.17, 15) is 9.59 Å². The molecular formula is C20H20Cl2N2O2. The van der Waals surface area contributed by atoms with Gasteiger partial charge >= 0.3 is 0 Å². The number of rotatable bonds is 3. The fourth-order valence-electron chi connectivity index (χ4n) is 3.14. The van der Waals surface area contributed by atoms with Crippen molar-refractivity contribution in [2.24, 2.45) is 5.92 Å². The lowest BCUT2D eigenvalue weighted by molar-refractivity contribution is 0.0683. The van der Waals surface area contributed by atoms with Gasteiger partial charge in [-0.1, -0.05) is 36.2 Å². The topological polar surface area (TPSA) is 49.4 Å². The number of nitrogens with one attached hydrogen (secondary N) is 1. The molecule has 2 amide bonds. The molecule has 0 spiro atoms. The Morgan fingerprint density at radius 1 is 1.12 bits per heavy atom. The summed E-state index contributed by atoms with van der Waals surface area (Å²) in [6, 6.07) is 11.6. The number of carbonyl (C=O) groups excluding carboxylic acids is 2. The third-order valence-electron chi connectivity index (χ3n) is 4.50. The zero-order chi connectivity index (χ0) is 18.7. The zero-order valence-electron chi connectivity index (χ0n) is 14.5. The van der Waals surface area contributed by atoms with Crippen molar-refractivity contribution in [3.63, 3.8) is 0 Å². The first-order valence-electron chi connectivity index (χ1n) is 8.60. The van der Waals surface area contributed by atoms with Crippen LogP contribution in [0.1, 0.15) is 40.5 Å². The maximum Gasteiger partial charge on any atom is 0.255 e. The van der Waals surface area contributed by atoms with Crippen LogP contribution in [0, 0.1) is 5.92 Å². The molecule has 0 bridgehead atoms. The van der Waals surface area contributed by atoms with E-state index < -0.39 is 0 Å². The van der Waals surface area contributed by atoms with E-state index in [0.29, 0.717) is 32.8 Å². The number of halogens is 2. The maximum atomic E-state index is 12.7. The highest BCUT2D eigenvalue weighted by atomic mass is 35.5. The van der Waals surface area contributed by atoms with E-state index in [0.717, 1.165) is 25.9 Å². The lowest BCUT2D eigenvalue weighted by Crippen LogP contribution is -2.39. The number of nitrogens with zero attached hydrogens (tertiary/aromatic N) is 1. The molecule has 1 heterocycles. The number of hydrogen-bond donors (Lipinski definition) is 1. The Kier molecular flexibility index (Phi) is 5.84. The Balaban J connectivity index is 1.75. The summed E-state index contributed by atoms with van der Waals surface area (Å²) < 4.78 is 0. The monoisotopic (exact) mass is 390 g/mol. The van der Waals surface area contributed by atoms with Crippen LogP contribution in [0.3, 0.4) is 0 Å². The SMILES string of the molecule is CC1CCCN(C(=O)c2cccc(C(=O)Nc3ccc(Cl)cc3Cl)c2)C1. The quantitative estimate of drug-likeness (QED) is 0.790. The minimum absolute atomic E-state index is 0.0317. The summed E-state index contributed by atoms with van der Waals surface area (Å²) in [4.78, 5) is 27.1. The molecular weight excluding hydrogens is 371 g/mol. The van der Waals surface area contributed by atoms with Crippen LogP contribution in [0.25, 0.3) is 0 Å². The van der Waals surface area contributed by atoms with Crippen LogP contribution >= 0.6 is 23.2 Å². The van der Waals surface area contributed by atoms with Gasteiger partial charge in [-0.05, 0) is 55.2 Å². The van der Waals surface area contributed by atoms with E-state index in [-0.39, 0.29) is 11.8 Å². The van der Waals surface area contributed by atoms with Crippen molar-refractivity contribution in [3.05, 3.63) is 63.6 Å². The van der Waals surface area contributed by atoms with Crippen molar-refractivity contribution < 1.29 is 9.59 Å². The number of piperidine rings is 1. The molecule has 0 radical (unpaired) electrons. The fourth-order valence-corrected chi connectivity index (χ4v) is 3.59. The van der Waals surface area contributed by atoms with Gasteiger partial charge in [0.1, 0.15) is 0 Å². The van der Waals surface area contributed by atoms with Gasteiger partial charge in [0.25, 0.3) is 11.8 Å². The Morgan fingerprint density at radius 2 is 1.88 bits per heavy atom. The predicted molar refractivity (Wildman–Crippen MR) is 105 cm³/mol. The lowest BCUT2D eigenvalue weighted by atomic mass is 9.99. The first-order valence-corrected chi connectivity index (χ1v) is 9.35. The molecule has 0 aromatic heterocycles. The molecule has 1 saturated heterocycles. The van der Waals surface area contributed by atoms with Crippen LogP contribution in [0.15, 0.2) is 42.5 Å². The van der Waals surface area contributed by atoms with Crippen LogP contribution in [-0.2, 0) is 0 Å². The van der Waals surface area contributed by atoms with Crippen molar-refractivity contribution >= 4 is 40.7 Å². The number of likely N-dealkylation sites (tertiary alicyclic amines) is 1. The van der Waals surface area contributed by atoms with Crippen LogP contribution in [0.4, 0.5) is 5.69 Å². The van der Waals surface area contributed by atoms with Gasteiger partial charge in [-0.3, -0.25) is 9.59 Å². The summed E-state index contributed by atoms with van der Waals surface area (Å²) in [6.45, 7) is 3.68. The molecule has 1 aliphatic rings. The average molecular weight is 391 g/mol. The molecule has 26 heavy (non-hydrogen) atoms. The van der Waals surface area contributed by atoms with Gasteiger partial charge < -0.3 is 10.2 Å². The third kappa shape index (κ3) is 4.37. The number of benzene rings is 2. The summed E-state index contributed by atoms with van der Waals surface area (Å²) in [5, 5.41) is 3.61. The third-order valence-corrected chi connectivity index (χ3v) is 5.04. The minimum Gasteiger partial charge on any atom is -0.338 e. The van der Waals surface area contributed by atoms with E-state index in [1.165, 1.54) is 0 Å². The normalized spacial score (nSPS) is 17.0. The highest BCUT2D eigenvalue weighted by molar-refractivity contribution is 6.36. The summed E-state index contributed by atoms with van der Waals surface area (Å²) in [5.41, 5.74) is 1.41. The minimum atomic E-state index is -0.323. The predicted octanol–water partition coefficient (Wildman–Crippen LogP) is 5.12. The van der Waals surface area contributed by atoms with Crippen molar-refractivity contribution in [2.45, 2.75) is 19.8 Å². The summed E-state index contributed by atoms with van der Waals surface area (Å²) in [7, 11) is 0. The summed E-state index contributed by atoms with van der Waals surface area (Å²) in [5.74, 6) is 0.151. The van der Waals surface area contributed by atoms with E-state index in [1.807, 2.05) is 4.90 Å². The van der Waals surface area contributed by atoms with Crippen LogP contribution in [0.5, 0.6) is 0 Å². The smallest absolute Gasteiger partial charge is 0.255 e. The van der Waals surface area contributed by atoms with Gasteiger partial charge in [-0.25, -0.2) is 0 Å².